The molecule has 2 amide bonds. The van der Waals surface area contributed by atoms with Gasteiger partial charge in [-0.3, -0.25) is 9.59 Å². The van der Waals surface area contributed by atoms with Gasteiger partial charge in [-0.25, -0.2) is 0 Å². The van der Waals surface area contributed by atoms with Crippen molar-refractivity contribution in [1.29, 1.82) is 0 Å². The molecule has 4 rings (SSSR count). The SMILES string of the molecule is CCC1CCc2sc(-c3nnc(SCC(=O)NC4CCN(C(C)=O)CC4)n3C)cc2C1. The van der Waals surface area contributed by atoms with E-state index in [4.69, 9.17) is 0 Å². The van der Waals surface area contributed by atoms with Crippen LogP contribution < -0.4 is 5.32 Å². The highest BCUT2D eigenvalue weighted by atomic mass is 32.2. The number of rotatable bonds is 6. The second-order valence-corrected chi connectivity index (χ2v) is 10.7. The van der Waals surface area contributed by atoms with E-state index in [1.54, 1.807) is 6.92 Å². The average molecular weight is 462 g/mol. The highest BCUT2D eigenvalue weighted by Gasteiger charge is 2.24. The summed E-state index contributed by atoms with van der Waals surface area (Å²) in [6, 6.07) is 2.43. The molecule has 3 heterocycles. The smallest absolute Gasteiger partial charge is 0.230 e. The fraction of sp³-hybridized carbons (Fsp3) is 0.636. The number of nitrogens with one attached hydrogen (secondary N) is 1. The molecule has 0 spiro atoms. The number of piperidine rings is 1. The van der Waals surface area contributed by atoms with Gasteiger partial charge in [0.2, 0.25) is 11.8 Å². The maximum absolute atomic E-state index is 12.4. The number of amides is 2. The monoisotopic (exact) mass is 461 g/mol. The lowest BCUT2D eigenvalue weighted by atomic mass is 9.87. The van der Waals surface area contributed by atoms with Gasteiger partial charge in [-0.05, 0) is 49.7 Å². The Morgan fingerprint density at radius 1 is 1.26 bits per heavy atom. The zero-order valence-electron chi connectivity index (χ0n) is 18.5. The maximum atomic E-state index is 12.4. The molecule has 1 saturated heterocycles. The molecule has 9 heteroatoms. The molecule has 0 saturated carbocycles. The van der Waals surface area contributed by atoms with Crippen molar-refractivity contribution in [1.82, 2.24) is 25.0 Å². The average Bonchev–Trinajstić information content (AvgIpc) is 3.34. The van der Waals surface area contributed by atoms with Gasteiger partial charge in [-0.15, -0.1) is 21.5 Å². The zero-order chi connectivity index (χ0) is 22.0. The molecule has 7 nitrogen and oxygen atoms in total. The van der Waals surface area contributed by atoms with Crippen LogP contribution in [0.4, 0.5) is 0 Å². The van der Waals surface area contributed by atoms with Gasteiger partial charge >= 0.3 is 0 Å². The molecule has 1 unspecified atom stereocenters. The minimum Gasteiger partial charge on any atom is -0.353 e. The van der Waals surface area contributed by atoms with Gasteiger partial charge in [-0.2, -0.15) is 0 Å². The van der Waals surface area contributed by atoms with Crippen LogP contribution in [0.5, 0.6) is 0 Å². The van der Waals surface area contributed by atoms with Gasteiger partial charge in [0.15, 0.2) is 11.0 Å². The summed E-state index contributed by atoms with van der Waals surface area (Å²) in [6.07, 6.45) is 6.49. The molecule has 1 N–H and O–H groups in total. The number of fused-ring (bicyclic) bond motifs is 1. The van der Waals surface area contributed by atoms with Crippen molar-refractivity contribution >= 4 is 34.9 Å². The second-order valence-electron chi connectivity index (χ2n) is 8.58. The number of nitrogens with zero attached hydrogens (tertiary/aromatic N) is 4. The predicted octanol–water partition coefficient (Wildman–Crippen LogP) is 3.28. The Labute approximate surface area is 192 Å². The highest BCUT2D eigenvalue weighted by Crippen LogP contribution is 2.38. The number of aromatic nitrogens is 3. The van der Waals surface area contributed by atoms with Crippen LogP contribution in [-0.2, 0) is 29.5 Å². The summed E-state index contributed by atoms with van der Waals surface area (Å²) in [5.74, 6) is 2.11. The minimum atomic E-state index is 0.00743. The summed E-state index contributed by atoms with van der Waals surface area (Å²) in [7, 11) is 1.97. The molecule has 2 aliphatic rings. The minimum absolute atomic E-state index is 0.00743. The summed E-state index contributed by atoms with van der Waals surface area (Å²) in [5.41, 5.74) is 1.48. The molecule has 0 bridgehead atoms. The third-order valence-electron chi connectivity index (χ3n) is 6.46. The van der Waals surface area contributed by atoms with E-state index in [1.807, 2.05) is 27.9 Å². The number of hydrogen-bond donors (Lipinski definition) is 1. The largest absolute Gasteiger partial charge is 0.353 e. The van der Waals surface area contributed by atoms with Crippen LogP contribution in [0.2, 0.25) is 0 Å². The molecular formula is C22H31N5O2S2. The summed E-state index contributed by atoms with van der Waals surface area (Å²) >= 11 is 3.26. The predicted molar refractivity (Wildman–Crippen MR) is 124 cm³/mol. The Morgan fingerprint density at radius 3 is 2.74 bits per heavy atom. The maximum Gasteiger partial charge on any atom is 0.230 e. The van der Waals surface area contributed by atoms with Crippen LogP contribution >= 0.6 is 23.1 Å². The molecule has 2 aromatic rings. The molecule has 1 fully saturated rings. The van der Waals surface area contributed by atoms with E-state index in [9.17, 15) is 9.59 Å². The Kier molecular flexibility index (Phi) is 7.01. The molecule has 1 atom stereocenters. The van der Waals surface area contributed by atoms with Crippen LogP contribution in [0.25, 0.3) is 10.7 Å². The Balaban J connectivity index is 1.32. The van der Waals surface area contributed by atoms with Gasteiger partial charge in [0.05, 0.1) is 10.6 Å². The molecule has 0 aromatic carbocycles. The van der Waals surface area contributed by atoms with Crippen LogP contribution in [0.15, 0.2) is 11.2 Å². The third-order valence-corrected chi connectivity index (χ3v) is 8.71. The van der Waals surface area contributed by atoms with Crippen molar-refractivity contribution in [2.45, 2.75) is 63.6 Å². The van der Waals surface area contributed by atoms with Crippen molar-refractivity contribution in [2.24, 2.45) is 13.0 Å². The summed E-state index contributed by atoms with van der Waals surface area (Å²) < 4.78 is 2.00. The zero-order valence-corrected chi connectivity index (χ0v) is 20.2. The molecule has 31 heavy (non-hydrogen) atoms. The quantitative estimate of drug-likeness (QED) is 0.668. The Morgan fingerprint density at radius 2 is 2.03 bits per heavy atom. The van der Waals surface area contributed by atoms with Crippen molar-refractivity contribution in [2.75, 3.05) is 18.8 Å². The first-order chi connectivity index (χ1) is 14.9. The van der Waals surface area contributed by atoms with Crippen LogP contribution in [0, 0.1) is 5.92 Å². The lowest BCUT2D eigenvalue weighted by Crippen LogP contribution is -2.46. The van der Waals surface area contributed by atoms with E-state index in [2.05, 4.69) is 28.5 Å². The van der Waals surface area contributed by atoms with E-state index in [-0.39, 0.29) is 17.9 Å². The number of thioether (sulfide) groups is 1. The fourth-order valence-electron chi connectivity index (χ4n) is 4.45. The Hall–Kier alpha value is -1.87. The molecular weight excluding hydrogens is 430 g/mol. The molecule has 2 aromatic heterocycles. The second kappa shape index (κ2) is 9.73. The van der Waals surface area contributed by atoms with E-state index >= 15 is 0 Å². The summed E-state index contributed by atoms with van der Waals surface area (Å²) in [5, 5.41) is 12.6. The van der Waals surface area contributed by atoms with Crippen LogP contribution in [-0.4, -0.2) is 56.4 Å². The fourth-order valence-corrected chi connectivity index (χ4v) is 6.40. The van der Waals surface area contributed by atoms with Crippen molar-refractivity contribution in [3.05, 3.63) is 16.5 Å². The van der Waals surface area contributed by atoms with Crippen molar-refractivity contribution in [3.63, 3.8) is 0 Å². The van der Waals surface area contributed by atoms with Gasteiger partial charge in [-0.1, -0.05) is 25.1 Å². The lowest BCUT2D eigenvalue weighted by molar-refractivity contribution is -0.130. The van der Waals surface area contributed by atoms with Gasteiger partial charge in [0.1, 0.15) is 0 Å². The van der Waals surface area contributed by atoms with Crippen molar-refractivity contribution in [3.8, 4) is 10.7 Å². The lowest BCUT2D eigenvalue weighted by Gasteiger charge is -2.31. The number of carbonyl (C=O) groups is 2. The van der Waals surface area contributed by atoms with E-state index in [0.717, 1.165) is 29.7 Å². The third kappa shape index (κ3) is 5.14. The number of likely N-dealkylation sites (tertiary alicyclic amines) is 1. The van der Waals surface area contributed by atoms with Gasteiger partial charge < -0.3 is 14.8 Å². The van der Waals surface area contributed by atoms with E-state index < -0.39 is 0 Å². The highest BCUT2D eigenvalue weighted by molar-refractivity contribution is 7.99. The Bertz CT molecular complexity index is 946. The van der Waals surface area contributed by atoms with Crippen LogP contribution in [0.3, 0.4) is 0 Å². The van der Waals surface area contributed by atoms with Gasteiger partial charge in [0.25, 0.3) is 0 Å². The first-order valence-electron chi connectivity index (χ1n) is 11.1. The molecule has 168 valence electrons. The molecule has 1 aliphatic heterocycles. The number of carbonyl (C=O) groups excluding carboxylic acids is 2. The summed E-state index contributed by atoms with van der Waals surface area (Å²) in [6.45, 7) is 5.30. The summed E-state index contributed by atoms with van der Waals surface area (Å²) in [4.78, 5) is 28.3. The number of thiophene rings is 1. The van der Waals surface area contributed by atoms with Gasteiger partial charge in [0, 0.05) is 38.0 Å². The first-order valence-corrected chi connectivity index (χ1v) is 12.9. The van der Waals surface area contributed by atoms with E-state index in [1.165, 1.54) is 52.8 Å². The first kappa shape index (κ1) is 22.3. The normalized spacial score (nSPS) is 19.3. The topological polar surface area (TPSA) is 80.1 Å². The number of aryl methyl sites for hydroxylation is 1. The standard InChI is InChI=1S/C22H31N5O2S2/c1-4-15-5-6-18-16(11-15)12-19(31-18)21-24-25-22(26(21)3)30-13-20(29)23-17-7-9-27(10-8-17)14(2)28/h12,15,17H,4-11,13H2,1-3H3,(H,23,29). The molecule has 1 aliphatic carbocycles. The van der Waals surface area contributed by atoms with E-state index in [0.29, 0.717) is 18.8 Å². The molecule has 0 radical (unpaired) electrons. The van der Waals surface area contributed by atoms with Crippen molar-refractivity contribution < 1.29 is 9.59 Å². The number of hydrogen-bond acceptors (Lipinski definition) is 6. The van der Waals surface area contributed by atoms with Crippen LogP contribution in [0.1, 0.15) is 50.0 Å².